The highest BCUT2D eigenvalue weighted by Gasteiger charge is 2.31. The van der Waals surface area contributed by atoms with Gasteiger partial charge in [-0.1, -0.05) is 29.8 Å². The zero-order chi connectivity index (χ0) is 21.6. The first-order valence-electron chi connectivity index (χ1n) is 10.3. The van der Waals surface area contributed by atoms with E-state index in [1.807, 2.05) is 42.5 Å². The number of ether oxygens (including phenoxy) is 3. The third-order valence-electron chi connectivity index (χ3n) is 5.28. The Morgan fingerprint density at radius 2 is 1.94 bits per heavy atom. The summed E-state index contributed by atoms with van der Waals surface area (Å²) < 4.78 is 16.5. The maximum atomic E-state index is 12.7. The van der Waals surface area contributed by atoms with Gasteiger partial charge in [-0.3, -0.25) is 9.59 Å². The molecule has 0 saturated carbocycles. The molecule has 0 N–H and O–H groups in total. The predicted molar refractivity (Wildman–Crippen MR) is 119 cm³/mol. The molecule has 31 heavy (non-hydrogen) atoms. The number of hydrogen-bond acceptors (Lipinski definition) is 6. The van der Waals surface area contributed by atoms with Crippen LogP contribution in [0.3, 0.4) is 0 Å². The Kier molecular flexibility index (Phi) is 7.25. The number of thioether (sulfide) groups is 1. The lowest BCUT2D eigenvalue weighted by atomic mass is 10.0. The van der Waals surface area contributed by atoms with Crippen LogP contribution in [0.25, 0.3) is 0 Å². The summed E-state index contributed by atoms with van der Waals surface area (Å²) in [6.45, 7) is 1.48. The molecule has 1 saturated heterocycles. The topological polar surface area (TPSA) is 65.1 Å². The Morgan fingerprint density at radius 3 is 2.77 bits per heavy atom. The largest absolute Gasteiger partial charge is 0.486 e. The fourth-order valence-corrected chi connectivity index (χ4v) is 4.95. The molecule has 1 atom stereocenters. The first kappa shape index (κ1) is 21.8. The minimum Gasteiger partial charge on any atom is -0.486 e. The van der Waals surface area contributed by atoms with Gasteiger partial charge in [0.15, 0.2) is 18.1 Å². The molecule has 4 rings (SSSR count). The number of carbonyl (C=O) groups is 2. The molecule has 0 spiro atoms. The van der Waals surface area contributed by atoms with Crippen molar-refractivity contribution in [2.45, 2.75) is 30.2 Å². The van der Waals surface area contributed by atoms with Gasteiger partial charge in [-0.05, 0) is 42.7 Å². The fraction of sp³-hybridized carbons (Fsp3) is 0.391. The molecule has 2 aromatic carbocycles. The Hall–Kier alpha value is -2.38. The lowest BCUT2D eigenvalue weighted by molar-refractivity contribution is -0.152. The molecule has 6 nitrogen and oxygen atoms in total. The number of esters is 1. The van der Waals surface area contributed by atoms with Crippen molar-refractivity contribution < 1.29 is 23.8 Å². The van der Waals surface area contributed by atoms with E-state index in [9.17, 15) is 9.59 Å². The Labute approximate surface area is 190 Å². The van der Waals surface area contributed by atoms with Crippen molar-refractivity contribution in [2.24, 2.45) is 0 Å². The van der Waals surface area contributed by atoms with Crippen molar-refractivity contribution >= 4 is 35.2 Å². The zero-order valence-corrected chi connectivity index (χ0v) is 18.6. The second-order valence-corrected chi connectivity index (χ2v) is 8.88. The van der Waals surface area contributed by atoms with Crippen molar-refractivity contribution in [2.75, 3.05) is 32.1 Å². The monoisotopic (exact) mass is 461 g/mol. The van der Waals surface area contributed by atoms with Crippen LogP contribution in [0.5, 0.6) is 11.5 Å². The molecule has 164 valence electrons. The lowest BCUT2D eigenvalue weighted by Crippen LogP contribution is -2.34. The second kappa shape index (κ2) is 10.3. The molecule has 0 bridgehead atoms. The summed E-state index contributed by atoms with van der Waals surface area (Å²) in [6.07, 6.45) is 2.00. The van der Waals surface area contributed by atoms with Crippen LogP contribution in [-0.2, 0) is 14.3 Å². The van der Waals surface area contributed by atoms with Crippen LogP contribution in [0.1, 0.15) is 30.9 Å². The molecule has 2 heterocycles. The number of benzene rings is 2. The lowest BCUT2D eigenvalue weighted by Gasteiger charge is -2.26. The molecule has 1 fully saturated rings. The van der Waals surface area contributed by atoms with Gasteiger partial charge in [-0.25, -0.2) is 0 Å². The SMILES string of the molecule is O=C(CCSc1ccccc1Cl)OCC(=O)N1CCCC1c1ccc2c(c1)OCCO2. The normalized spacial score (nSPS) is 17.5. The van der Waals surface area contributed by atoms with Crippen LogP contribution in [0.2, 0.25) is 5.02 Å². The van der Waals surface area contributed by atoms with Crippen LogP contribution in [0.4, 0.5) is 0 Å². The van der Waals surface area contributed by atoms with E-state index in [-0.39, 0.29) is 30.9 Å². The third kappa shape index (κ3) is 5.46. The van der Waals surface area contributed by atoms with Crippen LogP contribution in [0.15, 0.2) is 47.4 Å². The molecular formula is C23H24ClNO5S. The molecule has 1 unspecified atom stereocenters. The van der Waals surface area contributed by atoms with Gasteiger partial charge in [0.2, 0.25) is 0 Å². The van der Waals surface area contributed by atoms with E-state index < -0.39 is 0 Å². The van der Waals surface area contributed by atoms with Gasteiger partial charge in [-0.15, -0.1) is 11.8 Å². The number of fused-ring (bicyclic) bond motifs is 1. The van der Waals surface area contributed by atoms with Gasteiger partial charge < -0.3 is 19.1 Å². The van der Waals surface area contributed by atoms with Crippen molar-refractivity contribution in [3.8, 4) is 11.5 Å². The van der Waals surface area contributed by atoms with Gasteiger partial charge in [0.1, 0.15) is 13.2 Å². The summed E-state index contributed by atoms with van der Waals surface area (Å²) >= 11 is 7.61. The molecular weight excluding hydrogens is 438 g/mol. The summed E-state index contributed by atoms with van der Waals surface area (Å²) in [7, 11) is 0. The maximum Gasteiger partial charge on any atom is 0.307 e. The summed E-state index contributed by atoms with van der Waals surface area (Å²) in [5.74, 6) is 1.42. The quantitative estimate of drug-likeness (QED) is 0.447. The average molecular weight is 462 g/mol. The van der Waals surface area contributed by atoms with Gasteiger partial charge in [0.25, 0.3) is 5.91 Å². The van der Waals surface area contributed by atoms with E-state index in [1.165, 1.54) is 11.8 Å². The Bertz CT molecular complexity index is 953. The number of nitrogens with zero attached hydrogens (tertiary/aromatic N) is 1. The second-order valence-electron chi connectivity index (χ2n) is 7.34. The minimum absolute atomic E-state index is 0.0437. The number of rotatable bonds is 7. The highest BCUT2D eigenvalue weighted by Crippen LogP contribution is 2.38. The zero-order valence-electron chi connectivity index (χ0n) is 17.1. The molecule has 2 aliphatic rings. The summed E-state index contributed by atoms with van der Waals surface area (Å²) in [5, 5.41) is 0.662. The molecule has 2 aliphatic heterocycles. The molecule has 8 heteroatoms. The van der Waals surface area contributed by atoms with E-state index in [1.54, 1.807) is 4.90 Å². The molecule has 0 aromatic heterocycles. The van der Waals surface area contributed by atoms with E-state index in [0.29, 0.717) is 36.3 Å². The number of carbonyl (C=O) groups excluding carboxylic acids is 2. The van der Waals surface area contributed by atoms with E-state index in [0.717, 1.165) is 29.1 Å². The van der Waals surface area contributed by atoms with E-state index in [4.69, 9.17) is 25.8 Å². The fourth-order valence-electron chi connectivity index (χ4n) is 3.78. The van der Waals surface area contributed by atoms with Crippen LogP contribution >= 0.6 is 23.4 Å². The van der Waals surface area contributed by atoms with Crippen LogP contribution < -0.4 is 9.47 Å². The highest BCUT2D eigenvalue weighted by molar-refractivity contribution is 7.99. The van der Waals surface area contributed by atoms with Crippen LogP contribution in [-0.4, -0.2) is 48.9 Å². The average Bonchev–Trinajstić information content (AvgIpc) is 3.28. The smallest absolute Gasteiger partial charge is 0.307 e. The molecule has 0 radical (unpaired) electrons. The third-order valence-corrected chi connectivity index (χ3v) is 6.80. The van der Waals surface area contributed by atoms with Gasteiger partial charge in [0, 0.05) is 17.2 Å². The first-order valence-corrected chi connectivity index (χ1v) is 11.7. The molecule has 2 aromatic rings. The van der Waals surface area contributed by atoms with Crippen molar-refractivity contribution in [3.63, 3.8) is 0 Å². The van der Waals surface area contributed by atoms with Gasteiger partial charge in [0.05, 0.1) is 17.5 Å². The first-order chi connectivity index (χ1) is 15.1. The van der Waals surface area contributed by atoms with Crippen LogP contribution in [0, 0.1) is 0 Å². The molecule has 0 aliphatic carbocycles. The summed E-state index contributed by atoms with van der Waals surface area (Å²) in [5.41, 5.74) is 1.01. The standard InChI is InChI=1S/C23H24ClNO5S/c24-17-4-1-2-6-21(17)31-13-9-23(27)30-15-22(26)25-10-3-5-18(25)16-7-8-19-20(14-16)29-12-11-28-19/h1-2,4,6-8,14,18H,3,5,9-13,15H2. The number of amides is 1. The summed E-state index contributed by atoms with van der Waals surface area (Å²) in [4.78, 5) is 27.5. The van der Waals surface area contributed by atoms with Crippen molar-refractivity contribution in [1.29, 1.82) is 0 Å². The van der Waals surface area contributed by atoms with Crippen molar-refractivity contribution in [1.82, 2.24) is 4.90 Å². The minimum atomic E-state index is -0.386. The van der Waals surface area contributed by atoms with E-state index in [2.05, 4.69) is 0 Å². The van der Waals surface area contributed by atoms with Gasteiger partial charge >= 0.3 is 5.97 Å². The number of halogens is 1. The maximum absolute atomic E-state index is 12.7. The van der Waals surface area contributed by atoms with Gasteiger partial charge in [-0.2, -0.15) is 0 Å². The predicted octanol–water partition coefficient (Wildman–Crippen LogP) is 4.50. The molecule has 1 amide bonds. The summed E-state index contributed by atoms with van der Waals surface area (Å²) in [6, 6.07) is 13.3. The van der Waals surface area contributed by atoms with E-state index >= 15 is 0 Å². The Balaban J connectivity index is 1.27. The number of likely N-dealkylation sites (tertiary alicyclic amines) is 1. The van der Waals surface area contributed by atoms with Crippen molar-refractivity contribution in [3.05, 3.63) is 53.1 Å². The number of hydrogen-bond donors (Lipinski definition) is 0. The highest BCUT2D eigenvalue weighted by atomic mass is 35.5. The Morgan fingerprint density at radius 1 is 1.13 bits per heavy atom.